The molecule has 0 fully saturated rings. The smallest absolute Gasteiger partial charge is 0.248 e. The van der Waals surface area contributed by atoms with Crippen LogP contribution in [0.15, 0.2) is 0 Å². The van der Waals surface area contributed by atoms with Gasteiger partial charge in [-0.1, -0.05) is 0 Å². The third-order valence-corrected chi connectivity index (χ3v) is 0. The van der Waals surface area contributed by atoms with Gasteiger partial charge in [0.15, 0.2) is 0 Å². The zero-order valence-electron chi connectivity index (χ0n) is 3.72. The Balaban J connectivity index is 0. The Hall–Kier alpha value is 0.200. The summed E-state index contributed by atoms with van der Waals surface area (Å²) < 4.78 is 0. The minimum Gasteiger partial charge on any atom is -0.550 e. The van der Waals surface area contributed by atoms with Crippen LogP contribution in [0.3, 0.4) is 0 Å². The summed E-state index contributed by atoms with van der Waals surface area (Å²) in [5.41, 5.74) is 0. The van der Waals surface area contributed by atoms with Gasteiger partial charge >= 0.3 is 0 Å². The lowest BCUT2D eigenvalue weighted by Crippen LogP contribution is -3.32. The lowest BCUT2D eigenvalue weighted by Gasteiger charge is -1.77. The number of alkyl halides is 1. The molecule has 0 aromatic carbocycles. The first-order valence-electron chi connectivity index (χ1n) is 1.32. The van der Waals surface area contributed by atoms with Gasteiger partial charge in [-0.05, 0) is 6.92 Å². The molecule has 0 N–H and O–H groups in total. The first-order valence-corrected chi connectivity index (χ1v) is 3.65. The highest BCUT2D eigenvalue weighted by Gasteiger charge is 1.46. The molecule has 0 heterocycles. The maximum absolute atomic E-state index is 8.89. The zero-order valence-corrected chi connectivity index (χ0v) is 6.06. The fourth-order valence-electron chi connectivity index (χ4n) is 0. The van der Waals surface area contributed by atoms with E-state index in [1.807, 2.05) is 27.5 Å². The first-order chi connectivity index (χ1) is 2.73. The van der Waals surface area contributed by atoms with Gasteiger partial charge in [0.25, 0.3) is 0 Å². The van der Waals surface area contributed by atoms with Gasteiger partial charge in [0.1, 0.15) is 4.93 Å². The van der Waals surface area contributed by atoms with Crippen LogP contribution in [0.2, 0.25) is 0 Å². The van der Waals surface area contributed by atoms with Gasteiger partial charge in [-0.2, -0.15) is 0 Å². The number of aliphatic carboxylic acids is 1. The van der Waals surface area contributed by atoms with Crippen LogP contribution in [-0.2, 0) is 4.79 Å². The van der Waals surface area contributed by atoms with Crippen LogP contribution in [0.25, 0.3) is 0 Å². The number of carbonyl (C=O) groups excluding carboxylic acids is 1. The fourth-order valence-corrected chi connectivity index (χ4v) is 0. The van der Waals surface area contributed by atoms with Crippen molar-refractivity contribution in [1.29, 1.82) is 0 Å². The van der Waals surface area contributed by atoms with Crippen LogP contribution < -0.4 is 27.7 Å². The van der Waals surface area contributed by atoms with Crippen molar-refractivity contribution < 1.29 is 32.5 Å². The topological polar surface area (TPSA) is 40.1 Å². The van der Waals surface area contributed by atoms with E-state index in [1.54, 1.807) is 0 Å². The third-order valence-electron chi connectivity index (χ3n) is 0. The van der Waals surface area contributed by atoms with E-state index in [1.165, 1.54) is 0 Å². The first kappa shape index (κ1) is 9.50. The van der Waals surface area contributed by atoms with E-state index in [0.717, 1.165) is 6.92 Å². The number of carbonyl (C=O) groups is 1. The standard InChI is InChI=1S/C2H4O2.CH4I/c1-2(3)4;1-2/h1H3,(H,3,4);2H,1H3/q;+1/p-1. The second-order valence-electron chi connectivity index (χ2n) is 0.492. The maximum Gasteiger partial charge on any atom is 0.248 e. The second kappa shape index (κ2) is 8.96. The van der Waals surface area contributed by atoms with E-state index in [-0.39, 0.29) is 0 Å². The average Bonchev–Trinajstić information content (AvgIpc) is 1.41. The Kier molecular flexibility index (Phi) is 14.2. The Morgan fingerprint density at radius 2 is 1.67 bits per heavy atom. The molecule has 0 aromatic rings. The lowest BCUT2D eigenvalue weighted by molar-refractivity contribution is -0.325. The minimum atomic E-state index is -1.08. The lowest BCUT2D eigenvalue weighted by atomic mass is 10.9. The van der Waals surface area contributed by atoms with Crippen molar-refractivity contribution in [2.75, 3.05) is 4.93 Å². The summed E-state index contributed by atoms with van der Waals surface area (Å²) in [5.74, 6) is -1.08. The zero-order chi connectivity index (χ0) is 5.58. The van der Waals surface area contributed by atoms with Crippen molar-refractivity contribution in [2.45, 2.75) is 6.92 Å². The van der Waals surface area contributed by atoms with Gasteiger partial charge in [0, 0.05) is 5.97 Å². The van der Waals surface area contributed by atoms with Crippen molar-refractivity contribution in [3.63, 3.8) is 0 Å². The van der Waals surface area contributed by atoms with Gasteiger partial charge in [0.2, 0.25) is 22.6 Å². The monoisotopic (exact) mass is 202 g/mol. The molecular weight excluding hydrogens is 195 g/mol. The molecule has 38 valence electrons. The molecule has 0 rings (SSSR count). The highest BCUT2D eigenvalue weighted by Crippen LogP contribution is 1.31. The van der Waals surface area contributed by atoms with E-state index < -0.39 is 5.97 Å². The molecule has 0 bridgehead atoms. The van der Waals surface area contributed by atoms with Crippen molar-refractivity contribution in [1.82, 2.24) is 0 Å². The predicted molar refractivity (Wildman–Crippen MR) is 18.0 cm³/mol. The number of rotatable bonds is 0. The predicted octanol–water partition coefficient (Wildman–Crippen LogP) is -4.34. The van der Waals surface area contributed by atoms with E-state index in [0.29, 0.717) is 0 Å². The van der Waals surface area contributed by atoms with Crippen LogP contribution in [-0.4, -0.2) is 10.9 Å². The molecule has 2 nitrogen and oxygen atoms in total. The van der Waals surface area contributed by atoms with Crippen molar-refractivity contribution in [2.24, 2.45) is 0 Å². The van der Waals surface area contributed by atoms with Crippen LogP contribution in [0, 0.1) is 0 Å². The summed E-state index contributed by atoms with van der Waals surface area (Å²) in [6.45, 7) is 0.972. The van der Waals surface area contributed by atoms with Gasteiger partial charge in [-0.15, -0.1) is 0 Å². The summed E-state index contributed by atoms with van der Waals surface area (Å²) in [5, 5.41) is 8.89. The quantitative estimate of drug-likeness (QED) is 0.294. The molecule has 0 saturated heterocycles. The van der Waals surface area contributed by atoms with E-state index in [9.17, 15) is 0 Å². The van der Waals surface area contributed by atoms with Gasteiger partial charge < -0.3 is 9.90 Å². The van der Waals surface area contributed by atoms with E-state index in [2.05, 4.69) is 0 Å². The summed E-state index contributed by atoms with van der Waals surface area (Å²) >= 11 is 1.95. The summed E-state index contributed by atoms with van der Waals surface area (Å²) in [6.07, 6.45) is 0. The van der Waals surface area contributed by atoms with Crippen LogP contribution >= 0.6 is 0 Å². The Morgan fingerprint density at radius 3 is 1.67 bits per heavy atom. The molecular formula is C3H7IO2. The molecule has 0 aromatic heterocycles. The summed E-state index contributed by atoms with van der Waals surface area (Å²) in [7, 11) is 0. The maximum atomic E-state index is 8.89. The van der Waals surface area contributed by atoms with Crippen LogP contribution in [0.1, 0.15) is 6.92 Å². The molecule has 0 spiro atoms. The van der Waals surface area contributed by atoms with Gasteiger partial charge in [-0.3, -0.25) is 0 Å². The normalized spacial score (nSPS) is 5.17. The highest BCUT2D eigenvalue weighted by molar-refractivity contribution is 5.60. The number of hydrogen-bond donors (Lipinski definition) is 0. The number of halogens is 1. The van der Waals surface area contributed by atoms with Gasteiger partial charge in [-0.25, -0.2) is 0 Å². The number of carboxylic acid groups (broad SMARTS) is 1. The molecule has 0 unspecified atom stereocenters. The molecule has 0 aliphatic rings. The van der Waals surface area contributed by atoms with E-state index >= 15 is 0 Å². The molecule has 0 saturated carbocycles. The Labute approximate surface area is 50.7 Å². The Morgan fingerprint density at radius 1 is 1.67 bits per heavy atom. The average molecular weight is 202 g/mol. The van der Waals surface area contributed by atoms with Crippen LogP contribution in [0.5, 0.6) is 0 Å². The van der Waals surface area contributed by atoms with E-state index in [4.69, 9.17) is 9.90 Å². The molecule has 0 aliphatic heterocycles. The third kappa shape index (κ3) is 1080. The summed E-state index contributed by atoms with van der Waals surface area (Å²) in [6, 6.07) is 0. The highest BCUT2D eigenvalue weighted by atomic mass is 127. The van der Waals surface area contributed by atoms with Gasteiger partial charge in [0.05, 0.1) is 0 Å². The van der Waals surface area contributed by atoms with Crippen LogP contribution in [0.4, 0.5) is 0 Å². The van der Waals surface area contributed by atoms with Crippen molar-refractivity contribution >= 4 is 5.97 Å². The molecule has 0 radical (unpaired) electrons. The molecule has 0 aliphatic carbocycles. The fraction of sp³-hybridized carbons (Fsp3) is 0.667. The molecule has 0 amide bonds. The molecule has 3 heteroatoms. The molecule has 0 atom stereocenters. The largest absolute Gasteiger partial charge is 0.550 e. The molecule has 6 heavy (non-hydrogen) atoms. The van der Waals surface area contributed by atoms with Crippen molar-refractivity contribution in [3.05, 3.63) is 0 Å². The number of carboxylic acids is 1. The van der Waals surface area contributed by atoms with Crippen molar-refractivity contribution in [3.8, 4) is 0 Å². The Bertz CT molecular complexity index is 31.8. The number of hydrogen-bond acceptors (Lipinski definition) is 2. The SMILES string of the molecule is CC(=O)[O-].C[IH+]. The second-order valence-corrected chi connectivity index (χ2v) is 0.492. The summed E-state index contributed by atoms with van der Waals surface area (Å²) in [4.78, 5) is 10.9. The minimum absolute atomic E-state index is 0.972.